The summed E-state index contributed by atoms with van der Waals surface area (Å²) in [6.07, 6.45) is 1.04. The normalized spacial score (nSPS) is 10.9. The lowest BCUT2D eigenvalue weighted by molar-refractivity contribution is -0.117. The molecule has 0 atom stereocenters. The number of carbonyl (C=O) groups is 1. The third-order valence-electron chi connectivity index (χ3n) is 2.65. The van der Waals surface area contributed by atoms with Crippen LogP contribution in [0, 0.1) is 10.7 Å². The Labute approximate surface area is 161 Å². The smallest absolute Gasteiger partial charge is 0.238 e. The molecule has 0 aliphatic rings. The second-order valence-electron chi connectivity index (χ2n) is 4.49. The van der Waals surface area contributed by atoms with Crippen molar-refractivity contribution >= 4 is 79.4 Å². The van der Waals surface area contributed by atoms with Crippen LogP contribution in [0.25, 0.3) is 0 Å². The Hall–Kier alpha value is 0.800. The molecule has 20 heavy (non-hydrogen) atoms. The van der Waals surface area contributed by atoms with Gasteiger partial charge < -0.3 is 10.6 Å². The van der Waals surface area contributed by atoms with Gasteiger partial charge in [0.25, 0.3) is 0 Å². The number of halogens is 3. The monoisotopic (exact) mass is 613 g/mol. The van der Waals surface area contributed by atoms with Crippen molar-refractivity contribution in [3.05, 3.63) is 22.8 Å². The highest BCUT2D eigenvalue weighted by Crippen LogP contribution is 2.27. The van der Waals surface area contributed by atoms with Gasteiger partial charge in [0.2, 0.25) is 5.91 Å². The molecule has 1 aromatic rings. The van der Waals surface area contributed by atoms with Crippen LogP contribution in [-0.4, -0.2) is 44.5 Å². The highest BCUT2D eigenvalue weighted by Gasteiger charge is 2.12. The molecule has 0 heterocycles. The molecule has 0 unspecified atom stereocenters. The van der Waals surface area contributed by atoms with Gasteiger partial charge in [-0.3, -0.25) is 9.69 Å². The van der Waals surface area contributed by atoms with Crippen molar-refractivity contribution in [1.82, 2.24) is 10.2 Å². The van der Waals surface area contributed by atoms with Crippen LogP contribution in [-0.2, 0) is 4.79 Å². The fourth-order valence-corrected chi connectivity index (χ4v) is 5.54. The Bertz CT molecular complexity index is 445. The molecule has 0 spiro atoms. The molecule has 0 aliphatic carbocycles. The Balaban J connectivity index is 2.54. The first kappa shape index (κ1) is 18.8. The van der Waals surface area contributed by atoms with Crippen LogP contribution in [0.5, 0.6) is 0 Å². The van der Waals surface area contributed by atoms with Crippen molar-refractivity contribution in [2.45, 2.75) is 6.42 Å². The highest BCUT2D eigenvalue weighted by molar-refractivity contribution is 14.1. The van der Waals surface area contributed by atoms with Crippen molar-refractivity contribution < 1.29 is 4.79 Å². The van der Waals surface area contributed by atoms with Crippen LogP contribution >= 0.6 is 67.8 Å². The van der Waals surface area contributed by atoms with E-state index in [2.05, 4.69) is 90.5 Å². The van der Waals surface area contributed by atoms with Gasteiger partial charge in [0.1, 0.15) is 0 Å². The van der Waals surface area contributed by atoms with Crippen molar-refractivity contribution in [2.75, 3.05) is 39.0 Å². The molecule has 1 aromatic carbocycles. The molecule has 0 bridgehead atoms. The first-order chi connectivity index (χ1) is 9.43. The van der Waals surface area contributed by atoms with E-state index in [0.717, 1.165) is 32.3 Å². The number of anilines is 1. The van der Waals surface area contributed by atoms with Crippen molar-refractivity contribution in [3.8, 4) is 0 Å². The third-order valence-corrected chi connectivity index (χ3v) is 4.98. The number of amides is 1. The standard InChI is InChI=1S/C13H18I3N3O/c1-17-4-3-5-19(2)8-12(20)18-13-10(15)6-9(14)7-11(13)16/h6-7,17H,3-5,8H2,1-2H3,(H,18,20). The molecule has 0 aromatic heterocycles. The second kappa shape index (κ2) is 9.74. The van der Waals surface area contributed by atoms with Gasteiger partial charge in [0, 0.05) is 10.7 Å². The molecule has 0 radical (unpaired) electrons. The van der Waals surface area contributed by atoms with E-state index >= 15 is 0 Å². The Morgan fingerprint density at radius 3 is 2.40 bits per heavy atom. The van der Waals surface area contributed by atoms with Gasteiger partial charge in [-0.05, 0) is 114 Å². The molecule has 4 nitrogen and oxygen atoms in total. The summed E-state index contributed by atoms with van der Waals surface area (Å²) in [6, 6.07) is 4.13. The summed E-state index contributed by atoms with van der Waals surface area (Å²) in [4.78, 5) is 14.1. The van der Waals surface area contributed by atoms with E-state index in [1.165, 1.54) is 3.57 Å². The number of benzene rings is 1. The maximum atomic E-state index is 12.1. The number of likely N-dealkylation sites (N-methyl/N-ethyl adjacent to an activating group) is 1. The Kier molecular flexibility index (Phi) is 9.18. The van der Waals surface area contributed by atoms with E-state index in [1.54, 1.807) is 0 Å². The highest BCUT2D eigenvalue weighted by atomic mass is 127. The van der Waals surface area contributed by atoms with Crippen LogP contribution in [0.3, 0.4) is 0 Å². The number of rotatable bonds is 7. The lowest BCUT2D eigenvalue weighted by atomic mass is 10.3. The summed E-state index contributed by atoms with van der Waals surface area (Å²) in [5.41, 5.74) is 0.917. The minimum atomic E-state index is 0.0361. The number of nitrogens with one attached hydrogen (secondary N) is 2. The number of hydrogen-bond acceptors (Lipinski definition) is 3. The summed E-state index contributed by atoms with van der Waals surface area (Å²) < 4.78 is 3.33. The zero-order valence-electron chi connectivity index (χ0n) is 11.5. The number of carbonyl (C=O) groups excluding carboxylic acids is 1. The van der Waals surface area contributed by atoms with Gasteiger partial charge in [0.15, 0.2) is 0 Å². The SMILES string of the molecule is CNCCCN(C)CC(=O)Nc1c(I)cc(I)cc1I. The molecule has 0 aliphatic heterocycles. The zero-order valence-corrected chi connectivity index (χ0v) is 17.9. The van der Waals surface area contributed by atoms with E-state index in [0.29, 0.717) is 6.54 Å². The summed E-state index contributed by atoms with van der Waals surface area (Å²) in [7, 11) is 3.91. The van der Waals surface area contributed by atoms with Crippen molar-refractivity contribution in [2.24, 2.45) is 0 Å². The third kappa shape index (κ3) is 6.71. The molecule has 1 rings (SSSR count). The van der Waals surface area contributed by atoms with Crippen LogP contribution < -0.4 is 10.6 Å². The second-order valence-corrected chi connectivity index (χ2v) is 8.06. The Morgan fingerprint density at radius 2 is 1.85 bits per heavy atom. The van der Waals surface area contributed by atoms with Gasteiger partial charge in [0.05, 0.1) is 12.2 Å². The number of nitrogens with zero attached hydrogens (tertiary/aromatic N) is 1. The predicted molar refractivity (Wildman–Crippen MR) is 109 cm³/mol. The lowest BCUT2D eigenvalue weighted by Crippen LogP contribution is -2.32. The lowest BCUT2D eigenvalue weighted by Gasteiger charge is -2.17. The van der Waals surface area contributed by atoms with Gasteiger partial charge in [-0.25, -0.2) is 0 Å². The quantitative estimate of drug-likeness (QED) is 0.368. The molecule has 2 N–H and O–H groups in total. The van der Waals surface area contributed by atoms with Gasteiger partial charge in [-0.15, -0.1) is 0 Å². The van der Waals surface area contributed by atoms with Gasteiger partial charge >= 0.3 is 0 Å². The first-order valence-electron chi connectivity index (χ1n) is 6.21. The maximum absolute atomic E-state index is 12.1. The van der Waals surface area contributed by atoms with E-state index < -0.39 is 0 Å². The fraction of sp³-hybridized carbons (Fsp3) is 0.462. The van der Waals surface area contributed by atoms with Crippen molar-refractivity contribution in [3.63, 3.8) is 0 Å². The van der Waals surface area contributed by atoms with Crippen LogP contribution in [0.4, 0.5) is 5.69 Å². The van der Waals surface area contributed by atoms with Gasteiger partial charge in [-0.2, -0.15) is 0 Å². The van der Waals surface area contributed by atoms with E-state index in [9.17, 15) is 4.79 Å². The molecule has 0 saturated heterocycles. The van der Waals surface area contributed by atoms with E-state index in [-0.39, 0.29) is 5.91 Å². The van der Waals surface area contributed by atoms with E-state index in [4.69, 9.17) is 0 Å². The maximum Gasteiger partial charge on any atom is 0.238 e. The topological polar surface area (TPSA) is 44.4 Å². The molecule has 7 heteroatoms. The summed E-state index contributed by atoms with van der Waals surface area (Å²) in [5.74, 6) is 0.0361. The average Bonchev–Trinajstić information content (AvgIpc) is 2.34. The fourth-order valence-electron chi connectivity index (χ4n) is 1.69. The average molecular weight is 613 g/mol. The Morgan fingerprint density at radius 1 is 1.25 bits per heavy atom. The molecular weight excluding hydrogens is 595 g/mol. The summed E-state index contributed by atoms with van der Waals surface area (Å²) in [6.45, 7) is 2.30. The minimum absolute atomic E-state index is 0.0361. The van der Waals surface area contributed by atoms with Crippen LogP contribution in [0.1, 0.15) is 6.42 Å². The number of hydrogen-bond donors (Lipinski definition) is 2. The summed E-state index contributed by atoms with van der Waals surface area (Å²) >= 11 is 6.80. The molecular formula is C13H18I3N3O. The van der Waals surface area contributed by atoms with Crippen molar-refractivity contribution in [1.29, 1.82) is 0 Å². The molecule has 0 fully saturated rings. The largest absolute Gasteiger partial charge is 0.323 e. The van der Waals surface area contributed by atoms with E-state index in [1.807, 2.05) is 19.0 Å². The molecule has 112 valence electrons. The molecule has 0 saturated carbocycles. The summed E-state index contributed by atoms with van der Waals surface area (Å²) in [5, 5.41) is 6.12. The van der Waals surface area contributed by atoms with Crippen LogP contribution in [0.15, 0.2) is 12.1 Å². The first-order valence-corrected chi connectivity index (χ1v) is 9.45. The minimum Gasteiger partial charge on any atom is -0.323 e. The van der Waals surface area contributed by atoms with Gasteiger partial charge in [-0.1, -0.05) is 0 Å². The van der Waals surface area contributed by atoms with Crippen LogP contribution in [0.2, 0.25) is 0 Å². The molecule has 1 amide bonds. The predicted octanol–water partition coefficient (Wildman–Crippen LogP) is 2.98. The zero-order chi connectivity index (χ0) is 15.1.